The molecule has 0 saturated carbocycles. The number of nitrogens with zero attached hydrogens (tertiary/aromatic N) is 1. The quantitative estimate of drug-likeness (QED) is 0.346. The summed E-state index contributed by atoms with van der Waals surface area (Å²) in [6.07, 6.45) is 1.01. The highest BCUT2D eigenvalue weighted by Crippen LogP contribution is 2.31. The summed E-state index contributed by atoms with van der Waals surface area (Å²) in [5.41, 5.74) is 0.688. The summed E-state index contributed by atoms with van der Waals surface area (Å²) in [6.45, 7) is 3.74. The summed E-state index contributed by atoms with van der Waals surface area (Å²) in [5.74, 6) is -0.0438. The molecule has 3 rings (SSSR count). The molecule has 3 aromatic carbocycles. The zero-order valence-corrected chi connectivity index (χ0v) is 23.2. The molecule has 13 heteroatoms. The van der Waals surface area contributed by atoms with E-state index < -0.39 is 32.0 Å². The van der Waals surface area contributed by atoms with Crippen molar-refractivity contribution in [2.75, 3.05) is 27.2 Å². The number of halogens is 2. The summed E-state index contributed by atoms with van der Waals surface area (Å²) in [4.78, 5) is 12.9. The Morgan fingerprint density at radius 3 is 2.16 bits per heavy atom. The fourth-order valence-corrected chi connectivity index (χ4v) is 6.07. The molecule has 1 atom stereocenters. The summed E-state index contributed by atoms with van der Waals surface area (Å²) in [6, 6.07) is 15.1. The standard InChI is InChI=1S/C24H25Cl2N3O6S2/c1-4-35-19-12-10-18(11-13-19)29(36(3,31)32)16(2)24(30)27-17-8-14-20(15-9-17)37(33,34)28-22-7-5-6-21(25)23(22)26/h5-16,28H,4H2,1-3H3,(H,27,30)/t16-/m0/s1. The smallest absolute Gasteiger partial charge is 0.261 e. The monoisotopic (exact) mass is 585 g/mol. The third-order valence-corrected chi connectivity index (χ3v) is 8.56. The maximum Gasteiger partial charge on any atom is 0.261 e. The normalized spacial score (nSPS) is 12.5. The molecule has 2 N–H and O–H groups in total. The number of ether oxygens (including phenoxy) is 1. The highest BCUT2D eigenvalue weighted by molar-refractivity contribution is 7.92. The Labute approximate surface area is 226 Å². The average Bonchev–Trinajstić information content (AvgIpc) is 2.83. The Bertz CT molecular complexity index is 1480. The van der Waals surface area contributed by atoms with Gasteiger partial charge < -0.3 is 10.1 Å². The largest absolute Gasteiger partial charge is 0.494 e. The van der Waals surface area contributed by atoms with E-state index in [9.17, 15) is 21.6 Å². The van der Waals surface area contributed by atoms with Crippen LogP contribution in [0.5, 0.6) is 5.75 Å². The first-order valence-electron chi connectivity index (χ1n) is 10.9. The van der Waals surface area contributed by atoms with Gasteiger partial charge in [0.05, 0.1) is 39.2 Å². The van der Waals surface area contributed by atoms with Crippen molar-refractivity contribution < 1.29 is 26.4 Å². The van der Waals surface area contributed by atoms with Gasteiger partial charge >= 0.3 is 0 Å². The molecule has 0 aromatic heterocycles. The van der Waals surface area contributed by atoms with E-state index in [1.54, 1.807) is 30.3 Å². The lowest BCUT2D eigenvalue weighted by atomic mass is 10.2. The summed E-state index contributed by atoms with van der Waals surface area (Å²) in [5, 5.41) is 2.88. The zero-order valence-electron chi connectivity index (χ0n) is 20.1. The van der Waals surface area contributed by atoms with Crippen LogP contribution in [0.3, 0.4) is 0 Å². The van der Waals surface area contributed by atoms with Gasteiger partial charge in [-0.3, -0.25) is 13.8 Å². The van der Waals surface area contributed by atoms with Gasteiger partial charge in [0.2, 0.25) is 15.9 Å². The third kappa shape index (κ3) is 7.07. The van der Waals surface area contributed by atoms with E-state index in [1.807, 2.05) is 6.92 Å². The van der Waals surface area contributed by atoms with Gasteiger partial charge in [0.25, 0.3) is 10.0 Å². The van der Waals surface area contributed by atoms with Crippen molar-refractivity contribution in [1.29, 1.82) is 0 Å². The molecule has 37 heavy (non-hydrogen) atoms. The van der Waals surface area contributed by atoms with E-state index in [0.29, 0.717) is 18.0 Å². The lowest BCUT2D eigenvalue weighted by Gasteiger charge is -2.28. The number of sulfonamides is 2. The second-order valence-corrected chi connectivity index (χ2v) is 12.2. The minimum atomic E-state index is -3.99. The van der Waals surface area contributed by atoms with Crippen molar-refractivity contribution >= 4 is 66.2 Å². The second-order valence-electron chi connectivity index (χ2n) is 7.88. The molecule has 0 radical (unpaired) electrons. The van der Waals surface area contributed by atoms with Crippen molar-refractivity contribution in [3.05, 3.63) is 76.8 Å². The summed E-state index contributed by atoms with van der Waals surface area (Å²) < 4.78 is 59.3. The first kappa shape index (κ1) is 28.6. The van der Waals surface area contributed by atoms with Crippen molar-refractivity contribution in [2.24, 2.45) is 0 Å². The number of anilines is 3. The first-order chi connectivity index (χ1) is 17.3. The fourth-order valence-electron chi connectivity index (χ4n) is 3.42. The Morgan fingerprint density at radius 1 is 0.973 bits per heavy atom. The van der Waals surface area contributed by atoms with E-state index in [-0.39, 0.29) is 26.3 Å². The molecular weight excluding hydrogens is 561 g/mol. The molecule has 0 saturated heterocycles. The van der Waals surface area contributed by atoms with Crippen LogP contribution in [0, 0.1) is 0 Å². The highest BCUT2D eigenvalue weighted by Gasteiger charge is 2.29. The van der Waals surface area contributed by atoms with Crippen molar-refractivity contribution in [1.82, 2.24) is 0 Å². The van der Waals surface area contributed by atoms with Crippen LogP contribution in [0.15, 0.2) is 71.6 Å². The molecule has 0 aliphatic carbocycles. The van der Waals surface area contributed by atoms with Gasteiger partial charge in [-0.2, -0.15) is 0 Å². The Hall–Kier alpha value is -2.99. The lowest BCUT2D eigenvalue weighted by Crippen LogP contribution is -2.45. The van der Waals surface area contributed by atoms with Crippen LogP contribution in [-0.4, -0.2) is 41.6 Å². The molecule has 0 heterocycles. The molecule has 9 nitrogen and oxygen atoms in total. The molecule has 0 aliphatic rings. The highest BCUT2D eigenvalue weighted by atomic mass is 35.5. The van der Waals surface area contributed by atoms with E-state index in [4.69, 9.17) is 27.9 Å². The van der Waals surface area contributed by atoms with Gasteiger partial charge in [-0.25, -0.2) is 16.8 Å². The third-order valence-electron chi connectivity index (χ3n) is 5.12. The molecule has 0 aliphatic heterocycles. The molecular formula is C24H25Cl2N3O6S2. The van der Waals surface area contributed by atoms with Crippen LogP contribution < -0.4 is 19.1 Å². The van der Waals surface area contributed by atoms with E-state index in [0.717, 1.165) is 10.6 Å². The van der Waals surface area contributed by atoms with Gasteiger partial charge in [0, 0.05) is 5.69 Å². The maximum absolute atomic E-state index is 12.9. The molecule has 0 fully saturated rings. The number of carbonyl (C=O) groups is 1. The SMILES string of the molecule is CCOc1ccc(N([C@@H](C)C(=O)Nc2ccc(S(=O)(=O)Nc3cccc(Cl)c3Cl)cc2)S(C)(=O)=O)cc1. The number of hydrogen-bond acceptors (Lipinski definition) is 6. The van der Waals surface area contributed by atoms with Crippen LogP contribution in [0.25, 0.3) is 0 Å². The molecule has 1 amide bonds. The molecule has 0 unspecified atom stereocenters. The number of carbonyl (C=O) groups excluding carboxylic acids is 1. The topological polar surface area (TPSA) is 122 Å². The van der Waals surface area contributed by atoms with E-state index in [1.165, 1.54) is 43.3 Å². The van der Waals surface area contributed by atoms with E-state index in [2.05, 4.69) is 10.0 Å². The number of nitrogens with one attached hydrogen (secondary N) is 2. The van der Waals surface area contributed by atoms with Crippen LogP contribution >= 0.6 is 23.2 Å². The van der Waals surface area contributed by atoms with Crippen molar-refractivity contribution in [2.45, 2.75) is 24.8 Å². The van der Waals surface area contributed by atoms with Gasteiger partial charge in [-0.05, 0) is 74.5 Å². The Balaban J connectivity index is 1.76. The van der Waals surface area contributed by atoms with Gasteiger partial charge in [-0.15, -0.1) is 0 Å². The van der Waals surface area contributed by atoms with Crippen molar-refractivity contribution in [3.63, 3.8) is 0 Å². The van der Waals surface area contributed by atoms with Crippen LogP contribution in [0.1, 0.15) is 13.8 Å². The second kappa shape index (κ2) is 11.6. The van der Waals surface area contributed by atoms with Crippen molar-refractivity contribution in [3.8, 4) is 5.75 Å². The minimum absolute atomic E-state index is 0.0635. The fraction of sp³-hybridized carbons (Fsp3) is 0.208. The number of hydrogen-bond donors (Lipinski definition) is 2. The molecule has 0 bridgehead atoms. The Morgan fingerprint density at radius 2 is 1.59 bits per heavy atom. The van der Waals surface area contributed by atoms with Gasteiger partial charge in [0.15, 0.2) is 0 Å². The first-order valence-corrected chi connectivity index (χ1v) is 15.0. The maximum atomic E-state index is 12.9. The van der Waals surface area contributed by atoms with Gasteiger partial charge in [-0.1, -0.05) is 29.3 Å². The van der Waals surface area contributed by atoms with Crippen LogP contribution in [0.2, 0.25) is 10.0 Å². The molecule has 198 valence electrons. The summed E-state index contributed by atoms with van der Waals surface area (Å²) >= 11 is 12.0. The van der Waals surface area contributed by atoms with Gasteiger partial charge in [0.1, 0.15) is 11.8 Å². The predicted octanol–water partition coefficient (Wildman–Crippen LogP) is 4.99. The number of benzene rings is 3. The van der Waals surface area contributed by atoms with E-state index >= 15 is 0 Å². The molecule has 3 aromatic rings. The van der Waals surface area contributed by atoms with Crippen LogP contribution in [0.4, 0.5) is 17.1 Å². The summed E-state index contributed by atoms with van der Waals surface area (Å²) in [7, 11) is -7.81. The van der Waals surface area contributed by atoms with Crippen LogP contribution in [-0.2, 0) is 24.8 Å². The molecule has 0 spiro atoms. The average molecular weight is 587 g/mol. The lowest BCUT2D eigenvalue weighted by molar-refractivity contribution is -0.116. The minimum Gasteiger partial charge on any atom is -0.494 e. The number of amides is 1. The Kier molecular flexibility index (Phi) is 8.96. The number of rotatable bonds is 10. The zero-order chi connectivity index (χ0) is 27.4. The predicted molar refractivity (Wildman–Crippen MR) is 147 cm³/mol.